The molecule has 146 valence electrons. The molecule has 2 heterocycles. The first-order valence-corrected chi connectivity index (χ1v) is 10.3. The number of hydrogen-bond acceptors (Lipinski definition) is 5. The Morgan fingerprint density at radius 1 is 1.07 bits per heavy atom. The monoisotopic (exact) mass is 388 g/mol. The molecule has 1 aliphatic rings. The van der Waals surface area contributed by atoms with Crippen LogP contribution in [0, 0.1) is 0 Å². The van der Waals surface area contributed by atoms with Gasteiger partial charge in [-0.05, 0) is 63.6 Å². The van der Waals surface area contributed by atoms with Crippen LogP contribution in [0.5, 0.6) is 11.5 Å². The quantitative estimate of drug-likeness (QED) is 0.778. The zero-order chi connectivity index (χ0) is 19.4. The van der Waals surface area contributed by atoms with Crippen molar-refractivity contribution in [2.45, 2.75) is 39.8 Å². The van der Waals surface area contributed by atoms with Gasteiger partial charge in [-0.2, -0.15) is 0 Å². The van der Waals surface area contributed by atoms with Crippen molar-refractivity contribution in [3.63, 3.8) is 0 Å². The minimum atomic E-state index is -0.0174. The smallest absolute Gasteiger partial charge is 0.261 e. The van der Waals surface area contributed by atoms with Crippen LogP contribution in [-0.2, 0) is 0 Å². The first kappa shape index (κ1) is 19.7. The first-order valence-electron chi connectivity index (χ1n) is 9.49. The van der Waals surface area contributed by atoms with E-state index >= 15 is 0 Å². The highest BCUT2D eigenvalue weighted by atomic mass is 32.1. The van der Waals surface area contributed by atoms with Gasteiger partial charge in [-0.1, -0.05) is 0 Å². The van der Waals surface area contributed by atoms with E-state index < -0.39 is 0 Å². The van der Waals surface area contributed by atoms with E-state index in [2.05, 4.69) is 37.9 Å². The minimum Gasteiger partial charge on any atom is -0.486 e. The number of ether oxygens (including phenoxy) is 2. The van der Waals surface area contributed by atoms with Crippen molar-refractivity contribution in [3.05, 3.63) is 35.2 Å². The maximum Gasteiger partial charge on any atom is 0.261 e. The maximum atomic E-state index is 12.5. The Labute approximate surface area is 165 Å². The van der Waals surface area contributed by atoms with Gasteiger partial charge < -0.3 is 14.8 Å². The van der Waals surface area contributed by atoms with Crippen LogP contribution in [-0.4, -0.2) is 49.2 Å². The Balaban J connectivity index is 1.61. The molecular formula is C21H28N2O3S. The number of rotatable bonds is 7. The van der Waals surface area contributed by atoms with E-state index in [0.29, 0.717) is 31.8 Å². The molecular weight excluding hydrogens is 360 g/mol. The highest BCUT2D eigenvalue weighted by Crippen LogP contribution is 2.36. The summed E-state index contributed by atoms with van der Waals surface area (Å²) in [6, 6.07) is 10.7. The predicted molar refractivity (Wildman–Crippen MR) is 110 cm³/mol. The van der Waals surface area contributed by atoms with Gasteiger partial charge in [-0.15, -0.1) is 11.3 Å². The fourth-order valence-corrected chi connectivity index (χ4v) is 4.23. The predicted octanol–water partition coefficient (Wildman–Crippen LogP) is 4.03. The molecule has 27 heavy (non-hydrogen) atoms. The molecule has 6 heteroatoms. The summed E-state index contributed by atoms with van der Waals surface area (Å²) in [7, 11) is 0. The molecule has 3 rings (SSSR count). The second kappa shape index (κ2) is 8.76. The van der Waals surface area contributed by atoms with Gasteiger partial charge in [-0.25, -0.2) is 0 Å². The second-order valence-corrected chi connectivity index (χ2v) is 8.29. The SMILES string of the molecule is CC(C)N(CCNC(=O)c1ccc(-c2ccc3c(c2)OCCO3)s1)C(C)C. The van der Waals surface area contributed by atoms with Crippen LogP contribution < -0.4 is 14.8 Å². The molecule has 0 unspecified atom stereocenters. The summed E-state index contributed by atoms with van der Waals surface area (Å²) in [5.41, 5.74) is 1.04. The number of amides is 1. The highest BCUT2D eigenvalue weighted by molar-refractivity contribution is 7.17. The van der Waals surface area contributed by atoms with Crippen molar-refractivity contribution in [3.8, 4) is 21.9 Å². The molecule has 0 spiro atoms. The van der Waals surface area contributed by atoms with Gasteiger partial charge in [0.15, 0.2) is 11.5 Å². The number of thiophene rings is 1. The number of carbonyl (C=O) groups excluding carboxylic acids is 1. The lowest BCUT2D eigenvalue weighted by Crippen LogP contribution is -2.42. The maximum absolute atomic E-state index is 12.5. The largest absolute Gasteiger partial charge is 0.486 e. The van der Waals surface area contributed by atoms with Gasteiger partial charge >= 0.3 is 0 Å². The molecule has 1 aromatic heterocycles. The third kappa shape index (κ3) is 4.82. The van der Waals surface area contributed by atoms with Crippen LogP contribution in [0.2, 0.25) is 0 Å². The van der Waals surface area contributed by atoms with Gasteiger partial charge in [-0.3, -0.25) is 9.69 Å². The van der Waals surface area contributed by atoms with Crippen LogP contribution in [0.3, 0.4) is 0 Å². The normalized spacial score (nSPS) is 13.4. The van der Waals surface area contributed by atoms with E-state index in [-0.39, 0.29) is 5.91 Å². The van der Waals surface area contributed by atoms with Gasteiger partial charge in [0.1, 0.15) is 13.2 Å². The molecule has 0 aliphatic carbocycles. The fourth-order valence-electron chi connectivity index (χ4n) is 3.31. The van der Waals surface area contributed by atoms with Crippen LogP contribution in [0.25, 0.3) is 10.4 Å². The molecule has 0 bridgehead atoms. The van der Waals surface area contributed by atoms with Crippen LogP contribution in [0.1, 0.15) is 37.4 Å². The summed E-state index contributed by atoms with van der Waals surface area (Å²) in [5.74, 6) is 1.52. The third-order valence-electron chi connectivity index (χ3n) is 4.64. The molecule has 0 radical (unpaired) electrons. The van der Waals surface area contributed by atoms with Crippen LogP contribution in [0.4, 0.5) is 0 Å². The number of carbonyl (C=O) groups is 1. The lowest BCUT2D eigenvalue weighted by molar-refractivity contribution is 0.0943. The number of fused-ring (bicyclic) bond motifs is 1. The summed E-state index contributed by atoms with van der Waals surface area (Å²) in [5, 5.41) is 3.04. The Morgan fingerprint density at radius 2 is 1.78 bits per heavy atom. The topological polar surface area (TPSA) is 50.8 Å². The fraction of sp³-hybridized carbons (Fsp3) is 0.476. The molecule has 0 fully saturated rings. The van der Waals surface area contributed by atoms with E-state index in [1.54, 1.807) is 0 Å². The lowest BCUT2D eigenvalue weighted by Gasteiger charge is -2.30. The van der Waals surface area contributed by atoms with Crippen LogP contribution in [0.15, 0.2) is 30.3 Å². The first-order chi connectivity index (χ1) is 13.0. The molecule has 1 aromatic carbocycles. The zero-order valence-electron chi connectivity index (χ0n) is 16.5. The Bertz CT molecular complexity index is 777. The van der Waals surface area contributed by atoms with Crippen molar-refractivity contribution in [1.29, 1.82) is 0 Å². The summed E-state index contributed by atoms with van der Waals surface area (Å²) >= 11 is 1.49. The van der Waals surface area contributed by atoms with Crippen molar-refractivity contribution >= 4 is 17.2 Å². The molecule has 0 saturated heterocycles. The molecule has 0 atom stereocenters. The lowest BCUT2D eigenvalue weighted by atomic mass is 10.1. The van der Waals surface area contributed by atoms with E-state index in [0.717, 1.165) is 33.4 Å². The van der Waals surface area contributed by atoms with Crippen molar-refractivity contribution in [2.75, 3.05) is 26.3 Å². The molecule has 1 amide bonds. The van der Waals surface area contributed by atoms with Gasteiger partial charge in [0.2, 0.25) is 0 Å². The average molecular weight is 389 g/mol. The summed E-state index contributed by atoms with van der Waals surface area (Å²) < 4.78 is 11.2. The minimum absolute atomic E-state index is 0.0174. The van der Waals surface area contributed by atoms with Crippen molar-refractivity contribution in [2.24, 2.45) is 0 Å². The van der Waals surface area contributed by atoms with Crippen LogP contribution >= 0.6 is 11.3 Å². The molecule has 1 N–H and O–H groups in total. The molecule has 0 saturated carbocycles. The number of nitrogens with zero attached hydrogens (tertiary/aromatic N) is 1. The summed E-state index contributed by atoms with van der Waals surface area (Å²) in [4.78, 5) is 16.6. The van der Waals surface area contributed by atoms with Crippen molar-refractivity contribution < 1.29 is 14.3 Å². The third-order valence-corrected chi connectivity index (χ3v) is 5.77. The highest BCUT2D eigenvalue weighted by Gasteiger charge is 2.16. The average Bonchev–Trinajstić information content (AvgIpc) is 3.14. The Hall–Kier alpha value is -2.05. The number of nitrogens with one attached hydrogen (secondary N) is 1. The number of benzene rings is 1. The summed E-state index contributed by atoms with van der Waals surface area (Å²) in [6.07, 6.45) is 0. The van der Waals surface area contributed by atoms with E-state index in [1.165, 1.54) is 11.3 Å². The van der Waals surface area contributed by atoms with Gasteiger partial charge in [0.25, 0.3) is 5.91 Å². The molecule has 2 aromatic rings. The molecule has 1 aliphatic heterocycles. The van der Waals surface area contributed by atoms with Crippen molar-refractivity contribution in [1.82, 2.24) is 10.2 Å². The zero-order valence-corrected chi connectivity index (χ0v) is 17.3. The standard InChI is InChI=1S/C21H28N2O3S/c1-14(2)23(15(3)4)10-9-22-21(24)20-8-7-19(27-20)16-5-6-17-18(13-16)26-12-11-25-17/h5-8,13-15H,9-12H2,1-4H3,(H,22,24). The van der Waals surface area contributed by atoms with Gasteiger partial charge in [0.05, 0.1) is 4.88 Å². The van der Waals surface area contributed by atoms with E-state index in [1.807, 2.05) is 30.3 Å². The Kier molecular flexibility index (Phi) is 6.39. The van der Waals surface area contributed by atoms with Gasteiger partial charge in [0, 0.05) is 30.1 Å². The summed E-state index contributed by atoms with van der Waals surface area (Å²) in [6.45, 7) is 11.4. The van der Waals surface area contributed by atoms with E-state index in [4.69, 9.17) is 9.47 Å². The van der Waals surface area contributed by atoms with E-state index in [9.17, 15) is 4.79 Å². The Morgan fingerprint density at radius 3 is 2.48 bits per heavy atom. The number of hydrogen-bond donors (Lipinski definition) is 1. The second-order valence-electron chi connectivity index (χ2n) is 7.20. The molecule has 5 nitrogen and oxygen atoms in total.